The zero-order valence-electron chi connectivity index (χ0n) is 8.44. The summed E-state index contributed by atoms with van der Waals surface area (Å²) >= 11 is 6.00. The topological polar surface area (TPSA) is 66.9 Å². The van der Waals surface area contributed by atoms with Gasteiger partial charge >= 0.3 is 0 Å². The van der Waals surface area contributed by atoms with Crippen LogP contribution in [0.5, 0.6) is 0 Å². The first kappa shape index (κ1) is 10.9. The van der Waals surface area contributed by atoms with Crippen LogP contribution in [-0.4, -0.2) is 4.92 Å². The Kier molecular flexibility index (Phi) is 2.56. The standard InChI is InChI=1S/C11H9ClN2O2/c12-10-3-2-8(14(15)16)6-9(10)11(7-13)4-1-5-11/h2-3,6H,1,4-5H2. The van der Waals surface area contributed by atoms with Gasteiger partial charge < -0.3 is 0 Å². The average Bonchev–Trinajstić information content (AvgIpc) is 2.19. The Morgan fingerprint density at radius 3 is 2.62 bits per heavy atom. The highest BCUT2D eigenvalue weighted by Crippen LogP contribution is 2.46. The maximum atomic E-state index is 10.7. The Labute approximate surface area is 97.6 Å². The number of nitriles is 1. The molecule has 0 heterocycles. The van der Waals surface area contributed by atoms with Crippen molar-refractivity contribution in [1.82, 2.24) is 0 Å². The van der Waals surface area contributed by atoms with E-state index in [9.17, 15) is 10.1 Å². The molecular formula is C11H9ClN2O2. The third-order valence-corrected chi connectivity index (χ3v) is 3.43. The van der Waals surface area contributed by atoms with Crippen molar-refractivity contribution in [2.45, 2.75) is 24.7 Å². The van der Waals surface area contributed by atoms with Gasteiger partial charge in [-0.3, -0.25) is 10.1 Å². The Morgan fingerprint density at radius 1 is 1.50 bits per heavy atom. The van der Waals surface area contributed by atoms with Gasteiger partial charge in [-0.1, -0.05) is 11.6 Å². The molecule has 1 aromatic rings. The molecular weight excluding hydrogens is 228 g/mol. The van der Waals surface area contributed by atoms with Crippen LogP contribution in [0.2, 0.25) is 5.02 Å². The summed E-state index contributed by atoms with van der Waals surface area (Å²) in [6, 6.07) is 6.50. The molecule has 0 bridgehead atoms. The van der Waals surface area contributed by atoms with Crippen LogP contribution < -0.4 is 0 Å². The molecule has 0 aromatic heterocycles. The van der Waals surface area contributed by atoms with Crippen LogP contribution in [0.4, 0.5) is 5.69 Å². The second-order valence-corrected chi connectivity index (χ2v) is 4.38. The summed E-state index contributed by atoms with van der Waals surface area (Å²) in [6.45, 7) is 0. The molecule has 1 aromatic carbocycles. The highest BCUT2D eigenvalue weighted by atomic mass is 35.5. The number of hydrogen-bond donors (Lipinski definition) is 0. The minimum atomic E-state index is -0.608. The third kappa shape index (κ3) is 1.54. The lowest BCUT2D eigenvalue weighted by atomic mass is 9.65. The van der Waals surface area contributed by atoms with Crippen molar-refractivity contribution in [3.63, 3.8) is 0 Å². The second kappa shape index (κ2) is 3.76. The van der Waals surface area contributed by atoms with Gasteiger partial charge in [0, 0.05) is 17.2 Å². The van der Waals surface area contributed by atoms with E-state index in [0.717, 1.165) is 19.3 Å². The number of rotatable bonds is 2. The van der Waals surface area contributed by atoms with Crippen LogP contribution in [0, 0.1) is 21.4 Å². The molecule has 4 nitrogen and oxygen atoms in total. The lowest BCUT2D eigenvalue weighted by molar-refractivity contribution is -0.385. The molecule has 0 unspecified atom stereocenters. The third-order valence-electron chi connectivity index (χ3n) is 3.10. The summed E-state index contributed by atoms with van der Waals surface area (Å²) in [4.78, 5) is 10.2. The van der Waals surface area contributed by atoms with Gasteiger partial charge in [-0.2, -0.15) is 5.26 Å². The van der Waals surface area contributed by atoms with Crippen molar-refractivity contribution in [3.05, 3.63) is 38.9 Å². The number of nitrogens with zero attached hydrogens (tertiary/aromatic N) is 2. The van der Waals surface area contributed by atoms with E-state index >= 15 is 0 Å². The van der Waals surface area contributed by atoms with Crippen molar-refractivity contribution in [1.29, 1.82) is 5.26 Å². The van der Waals surface area contributed by atoms with Gasteiger partial charge in [0.05, 0.1) is 16.4 Å². The molecule has 1 fully saturated rings. The SMILES string of the molecule is N#CC1(c2cc([N+](=O)[O-])ccc2Cl)CCC1. The van der Waals surface area contributed by atoms with Gasteiger partial charge in [0.15, 0.2) is 0 Å². The van der Waals surface area contributed by atoms with Crippen LogP contribution in [0.15, 0.2) is 18.2 Å². The van der Waals surface area contributed by atoms with E-state index in [1.54, 1.807) is 0 Å². The second-order valence-electron chi connectivity index (χ2n) is 3.97. The highest BCUT2D eigenvalue weighted by molar-refractivity contribution is 6.31. The molecule has 1 aliphatic rings. The monoisotopic (exact) mass is 236 g/mol. The molecule has 0 radical (unpaired) electrons. The first-order chi connectivity index (χ1) is 7.59. The normalized spacial score (nSPS) is 17.2. The van der Waals surface area contributed by atoms with Gasteiger partial charge in [0.1, 0.15) is 0 Å². The van der Waals surface area contributed by atoms with Crippen LogP contribution in [-0.2, 0) is 5.41 Å². The summed E-state index contributed by atoms with van der Waals surface area (Å²) in [5.41, 5.74) is -0.0265. The summed E-state index contributed by atoms with van der Waals surface area (Å²) in [5.74, 6) is 0. The lowest BCUT2D eigenvalue weighted by Crippen LogP contribution is -2.32. The smallest absolute Gasteiger partial charge is 0.258 e. The number of nitro groups is 1. The van der Waals surface area contributed by atoms with E-state index in [1.807, 2.05) is 0 Å². The molecule has 2 rings (SSSR count). The summed E-state index contributed by atoms with van der Waals surface area (Å²) in [7, 11) is 0. The zero-order chi connectivity index (χ0) is 11.8. The number of benzene rings is 1. The van der Waals surface area contributed by atoms with Crippen LogP contribution >= 0.6 is 11.6 Å². The summed E-state index contributed by atoms with van der Waals surface area (Å²) in [6.07, 6.45) is 2.42. The predicted molar refractivity (Wildman–Crippen MR) is 59.2 cm³/mol. The Hall–Kier alpha value is -1.60. The van der Waals surface area contributed by atoms with E-state index in [4.69, 9.17) is 16.9 Å². The number of nitro benzene ring substituents is 1. The van der Waals surface area contributed by atoms with E-state index < -0.39 is 10.3 Å². The maximum Gasteiger partial charge on any atom is 0.269 e. The predicted octanol–water partition coefficient (Wildman–Crippen LogP) is 3.19. The molecule has 82 valence electrons. The first-order valence-corrected chi connectivity index (χ1v) is 5.32. The van der Waals surface area contributed by atoms with Crippen molar-refractivity contribution in [2.24, 2.45) is 0 Å². The fourth-order valence-electron chi connectivity index (χ4n) is 1.97. The quantitative estimate of drug-likeness (QED) is 0.585. The lowest BCUT2D eigenvalue weighted by Gasteiger charge is -2.35. The molecule has 1 saturated carbocycles. The number of non-ortho nitro benzene ring substituents is 1. The van der Waals surface area contributed by atoms with Gasteiger partial charge in [-0.15, -0.1) is 0 Å². The Morgan fingerprint density at radius 2 is 2.19 bits per heavy atom. The summed E-state index contributed by atoms with van der Waals surface area (Å²) in [5, 5.41) is 20.3. The molecule has 0 spiro atoms. The summed E-state index contributed by atoms with van der Waals surface area (Å²) < 4.78 is 0. The minimum absolute atomic E-state index is 0.0130. The van der Waals surface area contributed by atoms with Crippen molar-refractivity contribution in [3.8, 4) is 6.07 Å². The molecule has 5 heteroatoms. The molecule has 0 N–H and O–H groups in total. The van der Waals surface area contributed by atoms with Crippen LogP contribution in [0.25, 0.3) is 0 Å². The van der Waals surface area contributed by atoms with Crippen molar-refractivity contribution in [2.75, 3.05) is 0 Å². The molecule has 16 heavy (non-hydrogen) atoms. The maximum absolute atomic E-state index is 10.7. The van der Waals surface area contributed by atoms with Gasteiger partial charge in [0.25, 0.3) is 5.69 Å². The zero-order valence-corrected chi connectivity index (χ0v) is 9.20. The average molecular weight is 237 g/mol. The molecule has 0 amide bonds. The highest BCUT2D eigenvalue weighted by Gasteiger charge is 2.41. The van der Waals surface area contributed by atoms with Gasteiger partial charge in [0.2, 0.25) is 0 Å². The number of hydrogen-bond acceptors (Lipinski definition) is 3. The molecule has 0 atom stereocenters. The van der Waals surface area contributed by atoms with E-state index in [1.165, 1.54) is 18.2 Å². The van der Waals surface area contributed by atoms with E-state index in [0.29, 0.717) is 10.6 Å². The van der Waals surface area contributed by atoms with Crippen molar-refractivity contribution < 1.29 is 4.92 Å². The number of halogens is 1. The van der Waals surface area contributed by atoms with Crippen LogP contribution in [0.3, 0.4) is 0 Å². The fraction of sp³-hybridized carbons (Fsp3) is 0.364. The largest absolute Gasteiger partial charge is 0.269 e. The molecule has 1 aliphatic carbocycles. The molecule has 0 aliphatic heterocycles. The van der Waals surface area contributed by atoms with E-state index in [-0.39, 0.29) is 5.69 Å². The van der Waals surface area contributed by atoms with Gasteiger partial charge in [-0.05, 0) is 30.9 Å². The van der Waals surface area contributed by atoms with Gasteiger partial charge in [-0.25, -0.2) is 0 Å². The molecule has 0 saturated heterocycles. The fourth-order valence-corrected chi connectivity index (χ4v) is 2.26. The minimum Gasteiger partial charge on any atom is -0.258 e. The Balaban J connectivity index is 2.51. The van der Waals surface area contributed by atoms with Crippen molar-refractivity contribution >= 4 is 17.3 Å². The Bertz CT molecular complexity index is 489. The first-order valence-electron chi connectivity index (χ1n) is 4.95. The van der Waals surface area contributed by atoms with E-state index in [2.05, 4.69) is 6.07 Å². The van der Waals surface area contributed by atoms with Crippen LogP contribution in [0.1, 0.15) is 24.8 Å².